The van der Waals surface area contributed by atoms with Crippen LogP contribution in [-0.2, 0) is 22.7 Å². The van der Waals surface area contributed by atoms with Gasteiger partial charge in [-0.05, 0) is 24.0 Å². The van der Waals surface area contributed by atoms with Crippen molar-refractivity contribution in [3.05, 3.63) is 35.4 Å². The molecule has 0 unspecified atom stereocenters. The van der Waals surface area contributed by atoms with Crippen molar-refractivity contribution in [3.8, 4) is 0 Å². The first-order chi connectivity index (χ1) is 10.2. The van der Waals surface area contributed by atoms with Gasteiger partial charge in [-0.3, -0.25) is 9.79 Å². The van der Waals surface area contributed by atoms with Crippen molar-refractivity contribution in [1.29, 1.82) is 0 Å². The molecule has 2 rings (SSSR count). The second kappa shape index (κ2) is 7.81. The maximum atomic E-state index is 12.0. The summed E-state index contributed by atoms with van der Waals surface area (Å²) in [6.45, 7) is 2.97. The number of aliphatic imine (C=N–C) groups is 1. The fourth-order valence-corrected chi connectivity index (χ4v) is 2.53. The fraction of sp³-hybridized carbons (Fsp3) is 0.529. The Labute approximate surface area is 126 Å². The Morgan fingerprint density at radius 3 is 2.48 bits per heavy atom. The zero-order valence-electron chi connectivity index (χ0n) is 12.9. The highest BCUT2D eigenvalue weighted by atomic mass is 16.5. The third-order valence-electron chi connectivity index (χ3n) is 3.98. The molecule has 21 heavy (non-hydrogen) atoms. The first kappa shape index (κ1) is 15.5. The molecule has 1 aromatic carbocycles. The second-order valence-corrected chi connectivity index (χ2v) is 5.55. The van der Waals surface area contributed by atoms with Crippen LogP contribution in [0.15, 0.2) is 29.3 Å². The highest BCUT2D eigenvalue weighted by Crippen LogP contribution is 2.24. The predicted molar refractivity (Wildman–Crippen MR) is 84.1 cm³/mol. The van der Waals surface area contributed by atoms with Gasteiger partial charge in [0.25, 0.3) is 0 Å². The molecule has 1 amide bonds. The van der Waals surface area contributed by atoms with E-state index in [0.717, 1.165) is 24.0 Å². The zero-order valence-corrected chi connectivity index (χ0v) is 12.9. The number of hydrogen-bond acceptors (Lipinski definition) is 3. The van der Waals surface area contributed by atoms with E-state index >= 15 is 0 Å². The molecule has 114 valence electrons. The maximum absolute atomic E-state index is 12.0. The Kier molecular flexibility index (Phi) is 5.78. The van der Waals surface area contributed by atoms with Crippen LogP contribution in [0.1, 0.15) is 43.7 Å². The number of nitrogens with one attached hydrogen (secondary N) is 1. The molecule has 0 bridgehead atoms. The van der Waals surface area contributed by atoms with Crippen LogP contribution >= 0.6 is 0 Å². The van der Waals surface area contributed by atoms with Crippen LogP contribution in [-0.4, -0.2) is 18.9 Å². The molecule has 4 heteroatoms. The van der Waals surface area contributed by atoms with Crippen molar-refractivity contribution in [1.82, 2.24) is 5.32 Å². The number of hydrogen-bond donors (Lipinski definition) is 1. The minimum Gasteiger partial charge on any atom is -0.476 e. The molecule has 0 atom stereocenters. The lowest BCUT2D eigenvalue weighted by Gasteiger charge is -2.11. The molecule has 0 spiro atoms. The average Bonchev–Trinajstić information content (AvgIpc) is 3.05. The lowest BCUT2D eigenvalue weighted by molar-refractivity contribution is -0.124. The monoisotopic (exact) mass is 288 g/mol. The summed E-state index contributed by atoms with van der Waals surface area (Å²) in [7, 11) is 1.71. The summed E-state index contributed by atoms with van der Waals surface area (Å²) >= 11 is 0. The first-order valence-electron chi connectivity index (χ1n) is 7.60. The second-order valence-electron chi connectivity index (χ2n) is 5.55. The smallest absolute Gasteiger partial charge is 0.223 e. The van der Waals surface area contributed by atoms with Crippen LogP contribution in [0, 0.1) is 5.92 Å². The van der Waals surface area contributed by atoms with Crippen LogP contribution in [0.25, 0.3) is 0 Å². The van der Waals surface area contributed by atoms with E-state index < -0.39 is 0 Å². The highest BCUT2D eigenvalue weighted by Gasteiger charge is 2.21. The Bertz CT molecular complexity index is 488. The van der Waals surface area contributed by atoms with Gasteiger partial charge in [-0.1, -0.05) is 37.1 Å². The Hall–Kier alpha value is -1.84. The minimum absolute atomic E-state index is 0.203. The maximum Gasteiger partial charge on any atom is 0.223 e. The van der Waals surface area contributed by atoms with Crippen LogP contribution in [0.5, 0.6) is 0 Å². The van der Waals surface area contributed by atoms with Crippen molar-refractivity contribution in [2.24, 2.45) is 10.9 Å². The van der Waals surface area contributed by atoms with E-state index in [4.69, 9.17) is 4.74 Å². The van der Waals surface area contributed by atoms with Crippen LogP contribution < -0.4 is 5.32 Å². The van der Waals surface area contributed by atoms with E-state index in [1.807, 2.05) is 31.2 Å². The summed E-state index contributed by atoms with van der Waals surface area (Å²) in [6.07, 6.45) is 4.46. The van der Waals surface area contributed by atoms with Gasteiger partial charge in [-0.15, -0.1) is 0 Å². The van der Waals surface area contributed by atoms with Crippen molar-refractivity contribution in [2.45, 2.75) is 45.8 Å². The van der Waals surface area contributed by atoms with Gasteiger partial charge < -0.3 is 10.1 Å². The van der Waals surface area contributed by atoms with Crippen molar-refractivity contribution >= 4 is 11.8 Å². The van der Waals surface area contributed by atoms with E-state index in [0.29, 0.717) is 19.0 Å². The quantitative estimate of drug-likeness (QED) is 0.668. The summed E-state index contributed by atoms with van der Waals surface area (Å²) < 4.78 is 5.46. The van der Waals surface area contributed by atoms with Crippen molar-refractivity contribution < 1.29 is 9.53 Å². The number of amides is 1. The Morgan fingerprint density at radius 2 is 1.86 bits per heavy atom. The van der Waals surface area contributed by atoms with Gasteiger partial charge in [0.1, 0.15) is 6.61 Å². The molecule has 1 aliphatic rings. The summed E-state index contributed by atoms with van der Waals surface area (Å²) in [5.41, 5.74) is 2.22. The number of nitrogens with zero attached hydrogens (tertiary/aromatic N) is 1. The molecule has 1 N–H and O–H groups in total. The molecule has 0 heterocycles. The molecule has 4 nitrogen and oxygen atoms in total. The summed E-state index contributed by atoms with van der Waals surface area (Å²) in [5.74, 6) is 1.12. The van der Waals surface area contributed by atoms with Crippen LogP contribution in [0.4, 0.5) is 0 Å². The topological polar surface area (TPSA) is 50.7 Å². The van der Waals surface area contributed by atoms with Crippen molar-refractivity contribution in [2.75, 3.05) is 7.05 Å². The van der Waals surface area contributed by atoms with Crippen LogP contribution in [0.3, 0.4) is 0 Å². The molecule has 0 aliphatic heterocycles. The number of rotatable bonds is 5. The lowest BCUT2D eigenvalue weighted by atomic mass is 10.1. The fourth-order valence-electron chi connectivity index (χ4n) is 2.53. The molecule has 0 aromatic heterocycles. The lowest BCUT2D eigenvalue weighted by Crippen LogP contribution is -2.28. The third-order valence-corrected chi connectivity index (χ3v) is 3.98. The molecule has 1 aliphatic carbocycles. The van der Waals surface area contributed by atoms with Gasteiger partial charge >= 0.3 is 0 Å². The molecular formula is C17H24N2O2. The Balaban J connectivity index is 1.78. The first-order valence-corrected chi connectivity index (χ1v) is 7.60. The van der Waals surface area contributed by atoms with E-state index in [2.05, 4.69) is 10.3 Å². The van der Waals surface area contributed by atoms with Crippen molar-refractivity contribution in [3.63, 3.8) is 0 Å². The van der Waals surface area contributed by atoms with Gasteiger partial charge in [0, 0.05) is 26.4 Å². The highest BCUT2D eigenvalue weighted by molar-refractivity contribution is 5.78. The van der Waals surface area contributed by atoms with Crippen LogP contribution in [0.2, 0.25) is 0 Å². The number of benzene rings is 1. The molecule has 1 saturated carbocycles. The van der Waals surface area contributed by atoms with Gasteiger partial charge in [0.2, 0.25) is 5.91 Å². The number of ether oxygens (including phenoxy) is 1. The van der Waals surface area contributed by atoms with E-state index in [1.165, 1.54) is 12.8 Å². The Morgan fingerprint density at radius 1 is 1.24 bits per heavy atom. The minimum atomic E-state index is 0.203. The number of carbonyl (C=O) groups excluding carboxylic acids is 1. The van der Waals surface area contributed by atoms with Gasteiger partial charge in [-0.2, -0.15) is 0 Å². The molecule has 0 saturated heterocycles. The summed E-state index contributed by atoms with van der Waals surface area (Å²) in [6, 6.07) is 8.12. The third kappa shape index (κ3) is 4.88. The summed E-state index contributed by atoms with van der Waals surface area (Å²) in [4.78, 5) is 15.9. The summed E-state index contributed by atoms with van der Waals surface area (Å²) in [5, 5.41) is 3.03. The van der Waals surface area contributed by atoms with Gasteiger partial charge in [-0.25, -0.2) is 0 Å². The average molecular weight is 288 g/mol. The molecule has 1 fully saturated rings. The number of carbonyl (C=O) groups is 1. The SMILES string of the molecule is CN=C(C)OCc1ccc(CNC(=O)C2CCCC2)cc1. The zero-order chi connectivity index (χ0) is 15.1. The predicted octanol–water partition coefficient (Wildman–Crippen LogP) is 3.06. The van der Waals surface area contributed by atoms with E-state index in [-0.39, 0.29) is 11.8 Å². The van der Waals surface area contributed by atoms with E-state index in [1.54, 1.807) is 7.05 Å². The molecule has 0 radical (unpaired) electrons. The molecular weight excluding hydrogens is 264 g/mol. The van der Waals surface area contributed by atoms with Gasteiger partial charge in [0.05, 0.1) is 0 Å². The van der Waals surface area contributed by atoms with Gasteiger partial charge in [0.15, 0.2) is 5.90 Å². The normalized spacial score (nSPS) is 16.0. The molecule has 1 aromatic rings. The largest absolute Gasteiger partial charge is 0.476 e. The standard InChI is InChI=1S/C17H24N2O2/c1-13(18-2)21-12-15-9-7-14(8-10-15)11-19-17(20)16-5-3-4-6-16/h7-10,16H,3-6,11-12H2,1-2H3,(H,19,20). The van der Waals surface area contributed by atoms with E-state index in [9.17, 15) is 4.79 Å².